The highest BCUT2D eigenvalue weighted by Gasteiger charge is 2.24. The van der Waals surface area contributed by atoms with Gasteiger partial charge in [0.1, 0.15) is 0 Å². The highest BCUT2D eigenvalue weighted by molar-refractivity contribution is 5.76. The molecule has 0 aromatic carbocycles. The van der Waals surface area contributed by atoms with Gasteiger partial charge in [0, 0.05) is 18.6 Å². The molecule has 1 saturated carbocycles. The lowest BCUT2D eigenvalue weighted by atomic mass is 9.86. The highest BCUT2D eigenvalue weighted by atomic mass is 16.3. The number of hydrogen-bond donors (Lipinski definition) is 2. The molecule has 0 saturated heterocycles. The van der Waals surface area contributed by atoms with E-state index in [1.54, 1.807) is 0 Å². The second kappa shape index (κ2) is 7.78. The topological polar surface area (TPSA) is 49.3 Å². The summed E-state index contributed by atoms with van der Waals surface area (Å²) in [5.41, 5.74) is -0.238. The fourth-order valence-electron chi connectivity index (χ4n) is 2.78. The van der Waals surface area contributed by atoms with Gasteiger partial charge in [0.15, 0.2) is 0 Å². The van der Waals surface area contributed by atoms with Crippen LogP contribution in [0.1, 0.15) is 71.6 Å². The van der Waals surface area contributed by atoms with Gasteiger partial charge in [-0.1, -0.05) is 39.0 Å². The van der Waals surface area contributed by atoms with Gasteiger partial charge < -0.3 is 10.4 Å². The summed E-state index contributed by atoms with van der Waals surface area (Å²) < 4.78 is 0. The molecule has 0 aliphatic heterocycles. The Morgan fingerprint density at radius 3 is 2.56 bits per heavy atom. The van der Waals surface area contributed by atoms with Gasteiger partial charge in [-0.3, -0.25) is 4.79 Å². The van der Waals surface area contributed by atoms with Crippen molar-refractivity contribution in [2.45, 2.75) is 77.2 Å². The van der Waals surface area contributed by atoms with Gasteiger partial charge in [-0.2, -0.15) is 0 Å². The van der Waals surface area contributed by atoms with E-state index in [4.69, 9.17) is 5.11 Å². The zero-order valence-corrected chi connectivity index (χ0v) is 12.0. The number of carbonyl (C=O) groups is 1. The maximum absolute atomic E-state index is 11.9. The van der Waals surface area contributed by atoms with Crippen molar-refractivity contribution in [2.24, 2.45) is 5.92 Å². The van der Waals surface area contributed by atoms with Crippen LogP contribution in [0.3, 0.4) is 0 Å². The first kappa shape index (κ1) is 15.5. The van der Waals surface area contributed by atoms with Crippen molar-refractivity contribution in [2.75, 3.05) is 6.61 Å². The van der Waals surface area contributed by atoms with Gasteiger partial charge in [0.25, 0.3) is 0 Å². The third-order valence-electron chi connectivity index (χ3n) is 4.39. The van der Waals surface area contributed by atoms with Gasteiger partial charge in [0.05, 0.1) is 0 Å². The molecular formula is C15H29NO2. The summed E-state index contributed by atoms with van der Waals surface area (Å²) in [6.45, 7) is 4.20. The lowest BCUT2D eigenvalue weighted by Gasteiger charge is -2.29. The number of nitrogens with one attached hydrogen (secondary N) is 1. The average molecular weight is 255 g/mol. The average Bonchev–Trinajstić information content (AvgIpc) is 2.38. The minimum absolute atomic E-state index is 0.132. The molecule has 1 atom stereocenters. The van der Waals surface area contributed by atoms with Crippen molar-refractivity contribution in [3.05, 3.63) is 0 Å². The predicted molar refractivity (Wildman–Crippen MR) is 74.4 cm³/mol. The third-order valence-corrected chi connectivity index (χ3v) is 4.39. The second-order valence-electron chi connectivity index (χ2n) is 5.98. The Kier molecular flexibility index (Phi) is 6.69. The first-order valence-electron chi connectivity index (χ1n) is 7.51. The lowest BCUT2D eigenvalue weighted by molar-refractivity contribution is -0.123. The van der Waals surface area contributed by atoms with Gasteiger partial charge in [0.2, 0.25) is 5.91 Å². The van der Waals surface area contributed by atoms with Crippen LogP contribution in [0, 0.1) is 5.92 Å². The van der Waals surface area contributed by atoms with Crippen LogP contribution < -0.4 is 5.32 Å². The monoisotopic (exact) mass is 255 g/mol. The molecule has 1 aliphatic carbocycles. The fraction of sp³-hybridized carbons (Fsp3) is 0.933. The molecule has 18 heavy (non-hydrogen) atoms. The Labute approximate surface area is 111 Å². The summed E-state index contributed by atoms with van der Waals surface area (Å²) >= 11 is 0. The molecule has 0 radical (unpaired) electrons. The molecule has 1 aliphatic rings. The fourth-order valence-corrected chi connectivity index (χ4v) is 2.78. The predicted octanol–water partition coefficient (Wildman–Crippen LogP) is 3.01. The molecule has 1 fully saturated rings. The molecule has 3 heteroatoms. The Hall–Kier alpha value is -0.570. The van der Waals surface area contributed by atoms with Crippen LogP contribution in [0.25, 0.3) is 0 Å². The van der Waals surface area contributed by atoms with E-state index in [1.807, 2.05) is 6.92 Å². The van der Waals surface area contributed by atoms with Crippen molar-refractivity contribution in [1.29, 1.82) is 0 Å². The van der Waals surface area contributed by atoms with Crippen LogP contribution in [0.2, 0.25) is 0 Å². The minimum Gasteiger partial charge on any atom is -0.396 e. The number of rotatable bonds is 7. The molecule has 1 unspecified atom stereocenters. The zero-order chi connectivity index (χ0) is 13.4. The van der Waals surface area contributed by atoms with Gasteiger partial charge in [-0.05, 0) is 32.1 Å². The number of amides is 1. The highest BCUT2D eigenvalue weighted by Crippen LogP contribution is 2.27. The molecule has 0 spiro atoms. The van der Waals surface area contributed by atoms with Crippen molar-refractivity contribution in [3.63, 3.8) is 0 Å². The normalized spacial score (nSPS) is 20.4. The zero-order valence-electron chi connectivity index (χ0n) is 12.0. The van der Waals surface area contributed by atoms with Crippen LogP contribution in [0.4, 0.5) is 0 Å². The van der Waals surface area contributed by atoms with Crippen molar-refractivity contribution >= 4 is 5.91 Å². The summed E-state index contributed by atoms with van der Waals surface area (Å²) in [4.78, 5) is 11.9. The number of hydrogen-bond acceptors (Lipinski definition) is 2. The Balaban J connectivity index is 2.27. The first-order valence-corrected chi connectivity index (χ1v) is 7.51. The van der Waals surface area contributed by atoms with E-state index in [-0.39, 0.29) is 18.1 Å². The summed E-state index contributed by atoms with van der Waals surface area (Å²) in [7, 11) is 0. The SMILES string of the molecule is CCC(C)(CCO)NC(=O)CCC1CCCCC1. The van der Waals surface area contributed by atoms with Crippen molar-refractivity contribution in [3.8, 4) is 0 Å². The smallest absolute Gasteiger partial charge is 0.220 e. The van der Waals surface area contributed by atoms with E-state index < -0.39 is 0 Å². The molecule has 0 aromatic rings. The van der Waals surface area contributed by atoms with E-state index in [2.05, 4.69) is 12.2 Å². The third kappa shape index (κ3) is 5.38. The van der Waals surface area contributed by atoms with E-state index in [9.17, 15) is 4.79 Å². The molecule has 0 bridgehead atoms. The standard InChI is InChI=1S/C15H29NO2/c1-3-15(2,11-12-17)16-14(18)10-9-13-7-5-4-6-8-13/h13,17H,3-12H2,1-2H3,(H,16,18). The maximum Gasteiger partial charge on any atom is 0.220 e. The van der Waals surface area contributed by atoms with Gasteiger partial charge in [-0.15, -0.1) is 0 Å². The molecule has 1 amide bonds. The molecule has 0 heterocycles. The summed E-state index contributed by atoms with van der Waals surface area (Å²) in [6, 6.07) is 0. The first-order chi connectivity index (χ1) is 8.59. The van der Waals surface area contributed by atoms with E-state index in [1.165, 1.54) is 32.1 Å². The Morgan fingerprint density at radius 1 is 1.33 bits per heavy atom. The molecule has 3 nitrogen and oxygen atoms in total. The van der Waals surface area contributed by atoms with Crippen molar-refractivity contribution in [1.82, 2.24) is 5.32 Å². The van der Waals surface area contributed by atoms with Crippen LogP contribution in [0.5, 0.6) is 0 Å². The summed E-state index contributed by atoms with van der Waals surface area (Å²) in [5, 5.41) is 12.1. The van der Waals surface area contributed by atoms with E-state index >= 15 is 0 Å². The molecule has 0 aromatic heterocycles. The van der Waals surface area contributed by atoms with Gasteiger partial charge >= 0.3 is 0 Å². The quantitative estimate of drug-likeness (QED) is 0.734. The number of carbonyl (C=O) groups excluding carboxylic acids is 1. The summed E-state index contributed by atoms with van der Waals surface area (Å²) in [5.74, 6) is 0.911. The Morgan fingerprint density at radius 2 is 2.00 bits per heavy atom. The largest absolute Gasteiger partial charge is 0.396 e. The maximum atomic E-state index is 11.9. The molecule has 2 N–H and O–H groups in total. The molecular weight excluding hydrogens is 226 g/mol. The van der Waals surface area contributed by atoms with E-state index in [0.717, 1.165) is 18.8 Å². The molecule has 1 rings (SSSR count). The second-order valence-corrected chi connectivity index (χ2v) is 5.98. The Bertz CT molecular complexity index is 249. The van der Waals surface area contributed by atoms with Crippen LogP contribution in [-0.4, -0.2) is 23.2 Å². The van der Waals surface area contributed by atoms with Crippen LogP contribution in [-0.2, 0) is 4.79 Å². The number of aliphatic hydroxyl groups is 1. The summed E-state index contributed by atoms with van der Waals surface area (Å²) in [6.07, 6.45) is 9.82. The van der Waals surface area contributed by atoms with Crippen LogP contribution in [0.15, 0.2) is 0 Å². The van der Waals surface area contributed by atoms with Gasteiger partial charge in [-0.25, -0.2) is 0 Å². The number of aliphatic hydroxyl groups excluding tert-OH is 1. The van der Waals surface area contributed by atoms with Crippen LogP contribution >= 0.6 is 0 Å². The van der Waals surface area contributed by atoms with E-state index in [0.29, 0.717) is 12.8 Å². The minimum atomic E-state index is -0.238. The molecule has 106 valence electrons. The van der Waals surface area contributed by atoms with Crippen molar-refractivity contribution < 1.29 is 9.90 Å². The lowest BCUT2D eigenvalue weighted by Crippen LogP contribution is -2.46.